The van der Waals surface area contributed by atoms with Crippen molar-refractivity contribution < 1.29 is 0 Å². The Balaban J connectivity index is 1.79. The summed E-state index contributed by atoms with van der Waals surface area (Å²) in [7, 11) is 2.22. The van der Waals surface area contributed by atoms with Crippen LogP contribution >= 0.6 is 0 Å². The third-order valence-electron chi connectivity index (χ3n) is 5.47. The minimum Gasteiger partial charge on any atom is -0.350 e. The van der Waals surface area contributed by atoms with E-state index < -0.39 is 0 Å². The molecule has 5 nitrogen and oxygen atoms in total. The first-order chi connectivity index (χ1) is 12.1. The van der Waals surface area contributed by atoms with Gasteiger partial charge in [0.05, 0.1) is 0 Å². The average molecular weight is 337 g/mol. The molecule has 3 heterocycles. The second kappa shape index (κ2) is 6.71. The predicted molar refractivity (Wildman–Crippen MR) is 101 cm³/mol. The van der Waals surface area contributed by atoms with Gasteiger partial charge < -0.3 is 9.80 Å². The van der Waals surface area contributed by atoms with Gasteiger partial charge in [-0.1, -0.05) is 19.9 Å². The molecule has 1 atom stereocenters. The first kappa shape index (κ1) is 16.5. The number of hydrogen-bond donors (Lipinski definition) is 0. The summed E-state index contributed by atoms with van der Waals surface area (Å²) in [4.78, 5) is 19.3. The quantitative estimate of drug-likeness (QED) is 0.862. The molecular weight excluding hydrogens is 310 g/mol. The molecule has 0 spiro atoms. The SMILES string of the molecule is CC(C)C1CN(C)CCN1c1nc(-c2ccccn2)nc2c1CCC2. The van der Waals surface area contributed by atoms with Gasteiger partial charge in [0.1, 0.15) is 11.5 Å². The Hall–Kier alpha value is -2.01. The number of fused-ring (bicyclic) bond motifs is 1. The van der Waals surface area contributed by atoms with Gasteiger partial charge in [-0.25, -0.2) is 9.97 Å². The molecule has 0 radical (unpaired) electrons. The van der Waals surface area contributed by atoms with Crippen LogP contribution in [0.15, 0.2) is 24.4 Å². The van der Waals surface area contributed by atoms with Gasteiger partial charge in [-0.05, 0) is 44.4 Å². The van der Waals surface area contributed by atoms with Gasteiger partial charge in [0.25, 0.3) is 0 Å². The monoisotopic (exact) mass is 337 g/mol. The lowest BCUT2D eigenvalue weighted by Crippen LogP contribution is -2.54. The maximum absolute atomic E-state index is 5.03. The van der Waals surface area contributed by atoms with Crippen LogP contribution in [0.25, 0.3) is 11.5 Å². The molecule has 25 heavy (non-hydrogen) atoms. The van der Waals surface area contributed by atoms with Gasteiger partial charge in [0.15, 0.2) is 5.82 Å². The van der Waals surface area contributed by atoms with E-state index >= 15 is 0 Å². The molecule has 2 aromatic heterocycles. The highest BCUT2D eigenvalue weighted by Gasteiger charge is 2.32. The summed E-state index contributed by atoms with van der Waals surface area (Å²) in [5.41, 5.74) is 3.47. The Morgan fingerprint density at radius 3 is 2.76 bits per heavy atom. The summed E-state index contributed by atoms with van der Waals surface area (Å²) in [5.74, 6) is 2.53. The minimum atomic E-state index is 0.495. The molecule has 1 unspecified atom stereocenters. The second-order valence-electron chi connectivity index (χ2n) is 7.63. The van der Waals surface area contributed by atoms with E-state index in [1.54, 1.807) is 0 Å². The molecule has 1 fully saturated rings. The molecule has 1 saturated heterocycles. The molecule has 0 bridgehead atoms. The smallest absolute Gasteiger partial charge is 0.180 e. The van der Waals surface area contributed by atoms with Crippen molar-refractivity contribution in [2.24, 2.45) is 5.92 Å². The molecule has 1 aliphatic heterocycles. The summed E-state index contributed by atoms with van der Waals surface area (Å²) in [6.07, 6.45) is 5.16. The van der Waals surface area contributed by atoms with Crippen LogP contribution in [0.2, 0.25) is 0 Å². The largest absolute Gasteiger partial charge is 0.350 e. The highest BCUT2D eigenvalue weighted by Crippen LogP contribution is 2.33. The Bertz CT molecular complexity index is 743. The summed E-state index contributed by atoms with van der Waals surface area (Å²) < 4.78 is 0. The Labute approximate surface area is 150 Å². The number of nitrogens with zero attached hydrogens (tertiary/aromatic N) is 5. The molecule has 0 amide bonds. The molecule has 2 aromatic rings. The zero-order chi connectivity index (χ0) is 17.4. The number of aryl methyl sites for hydroxylation is 1. The fourth-order valence-corrected chi connectivity index (χ4v) is 4.05. The lowest BCUT2D eigenvalue weighted by atomic mass is 9.99. The number of hydrogen-bond acceptors (Lipinski definition) is 5. The topological polar surface area (TPSA) is 45.2 Å². The number of anilines is 1. The summed E-state index contributed by atoms with van der Waals surface area (Å²) in [6.45, 7) is 7.84. The van der Waals surface area contributed by atoms with Crippen molar-refractivity contribution >= 4 is 5.82 Å². The maximum Gasteiger partial charge on any atom is 0.180 e. The van der Waals surface area contributed by atoms with E-state index in [9.17, 15) is 0 Å². The van der Waals surface area contributed by atoms with E-state index in [4.69, 9.17) is 9.97 Å². The van der Waals surface area contributed by atoms with Crippen LogP contribution < -0.4 is 4.90 Å². The van der Waals surface area contributed by atoms with Crippen LogP contribution in [-0.4, -0.2) is 52.6 Å². The van der Waals surface area contributed by atoms with Crippen molar-refractivity contribution in [1.29, 1.82) is 0 Å². The number of pyridine rings is 1. The number of piperazine rings is 1. The van der Waals surface area contributed by atoms with Crippen LogP contribution in [0.1, 0.15) is 31.5 Å². The maximum atomic E-state index is 5.03. The number of likely N-dealkylation sites (N-methyl/N-ethyl adjacent to an activating group) is 1. The highest BCUT2D eigenvalue weighted by atomic mass is 15.3. The van der Waals surface area contributed by atoms with Crippen LogP contribution in [0.4, 0.5) is 5.82 Å². The van der Waals surface area contributed by atoms with Crippen molar-refractivity contribution in [2.75, 3.05) is 31.6 Å². The first-order valence-corrected chi connectivity index (χ1v) is 9.40. The van der Waals surface area contributed by atoms with Gasteiger partial charge in [-0.2, -0.15) is 0 Å². The van der Waals surface area contributed by atoms with Crippen molar-refractivity contribution in [3.8, 4) is 11.5 Å². The highest BCUT2D eigenvalue weighted by molar-refractivity contribution is 5.59. The standard InChI is InChI=1S/C20H27N5/c1-14(2)18-13-24(3)11-12-25(18)20-15-7-6-9-16(15)22-19(23-20)17-8-4-5-10-21-17/h4-5,8,10,14,18H,6-7,9,11-13H2,1-3H3. The molecule has 1 aliphatic carbocycles. The van der Waals surface area contributed by atoms with Gasteiger partial charge in [-0.15, -0.1) is 0 Å². The third kappa shape index (κ3) is 3.13. The van der Waals surface area contributed by atoms with Crippen LogP contribution in [-0.2, 0) is 12.8 Å². The van der Waals surface area contributed by atoms with E-state index in [0.29, 0.717) is 12.0 Å². The molecule has 2 aliphatic rings. The number of rotatable bonds is 3. The predicted octanol–water partition coefficient (Wildman–Crippen LogP) is 2.80. The van der Waals surface area contributed by atoms with Crippen molar-refractivity contribution in [3.05, 3.63) is 35.7 Å². The first-order valence-electron chi connectivity index (χ1n) is 9.40. The molecule has 0 N–H and O–H groups in total. The Kier molecular flexibility index (Phi) is 4.42. The lowest BCUT2D eigenvalue weighted by molar-refractivity contribution is 0.235. The van der Waals surface area contributed by atoms with E-state index in [2.05, 4.69) is 35.7 Å². The fraction of sp³-hybridized carbons (Fsp3) is 0.550. The second-order valence-corrected chi connectivity index (χ2v) is 7.63. The molecular formula is C20H27N5. The van der Waals surface area contributed by atoms with Crippen LogP contribution in [0.5, 0.6) is 0 Å². The lowest BCUT2D eigenvalue weighted by Gasteiger charge is -2.43. The van der Waals surface area contributed by atoms with E-state index in [-0.39, 0.29) is 0 Å². The molecule has 0 aromatic carbocycles. The Morgan fingerprint density at radius 2 is 2.00 bits per heavy atom. The third-order valence-corrected chi connectivity index (χ3v) is 5.47. The Morgan fingerprint density at radius 1 is 1.12 bits per heavy atom. The van der Waals surface area contributed by atoms with Crippen LogP contribution in [0.3, 0.4) is 0 Å². The zero-order valence-electron chi connectivity index (χ0n) is 15.4. The van der Waals surface area contributed by atoms with Crippen molar-refractivity contribution in [2.45, 2.75) is 39.2 Å². The van der Waals surface area contributed by atoms with Gasteiger partial charge >= 0.3 is 0 Å². The molecule has 5 heteroatoms. The fourth-order valence-electron chi connectivity index (χ4n) is 4.05. The minimum absolute atomic E-state index is 0.495. The van der Waals surface area contributed by atoms with Crippen molar-refractivity contribution in [1.82, 2.24) is 19.9 Å². The average Bonchev–Trinajstić information content (AvgIpc) is 3.10. The zero-order valence-corrected chi connectivity index (χ0v) is 15.4. The molecule has 4 rings (SSSR count). The van der Waals surface area contributed by atoms with Crippen LogP contribution in [0, 0.1) is 5.92 Å². The van der Waals surface area contributed by atoms with Crippen molar-refractivity contribution in [3.63, 3.8) is 0 Å². The van der Waals surface area contributed by atoms with E-state index in [0.717, 1.165) is 49.8 Å². The van der Waals surface area contributed by atoms with Gasteiger partial charge in [-0.3, -0.25) is 4.98 Å². The molecule has 0 saturated carbocycles. The van der Waals surface area contributed by atoms with Gasteiger partial charge in [0, 0.05) is 43.1 Å². The van der Waals surface area contributed by atoms with E-state index in [1.807, 2.05) is 24.4 Å². The normalized spacial score (nSPS) is 21.0. The van der Waals surface area contributed by atoms with Gasteiger partial charge in [0.2, 0.25) is 0 Å². The van der Waals surface area contributed by atoms with E-state index in [1.165, 1.54) is 17.7 Å². The molecule has 132 valence electrons. The summed E-state index contributed by atoms with van der Waals surface area (Å²) in [5, 5.41) is 0. The number of aromatic nitrogens is 3. The summed E-state index contributed by atoms with van der Waals surface area (Å²) in [6, 6.07) is 6.44. The summed E-state index contributed by atoms with van der Waals surface area (Å²) >= 11 is 0.